The Morgan fingerprint density at radius 3 is 2.62 bits per heavy atom. The van der Waals surface area contributed by atoms with Crippen LogP contribution in [0.1, 0.15) is 6.92 Å². The number of nitrogen functional groups attached to an aromatic ring is 1. The van der Waals surface area contributed by atoms with Gasteiger partial charge in [-0.1, -0.05) is 6.07 Å². The highest BCUT2D eigenvalue weighted by Gasteiger charge is 2.19. The minimum Gasteiger partial charge on any atom is -0.432 e. The summed E-state index contributed by atoms with van der Waals surface area (Å²) in [6, 6.07) is 11.9. The third kappa shape index (κ3) is 2.58. The van der Waals surface area contributed by atoms with E-state index in [0.717, 1.165) is 22.5 Å². The number of oxazole rings is 1. The molecule has 4 N–H and O–H groups in total. The lowest BCUT2D eigenvalue weighted by atomic mass is 10.0. The van der Waals surface area contributed by atoms with Gasteiger partial charge in [0, 0.05) is 23.9 Å². The van der Waals surface area contributed by atoms with Crippen LogP contribution < -0.4 is 16.6 Å². The van der Waals surface area contributed by atoms with Crippen LogP contribution >= 0.6 is 0 Å². The summed E-state index contributed by atoms with van der Waals surface area (Å²) < 4.78 is 20.6. The number of hydrogen-bond donors (Lipinski definition) is 2. The number of aromatic nitrogens is 2. The first-order chi connectivity index (χ1) is 12.6. The van der Waals surface area contributed by atoms with Gasteiger partial charge in [-0.3, -0.25) is 4.40 Å². The number of halogens is 1. The maximum Gasteiger partial charge on any atom is 0.306 e. The van der Waals surface area contributed by atoms with E-state index in [4.69, 9.17) is 16.0 Å². The second-order valence-electron chi connectivity index (χ2n) is 5.93. The van der Waals surface area contributed by atoms with E-state index in [1.807, 2.05) is 29.5 Å². The summed E-state index contributed by atoms with van der Waals surface area (Å²) in [6.45, 7) is 2.56. The molecule has 0 bridgehead atoms. The zero-order valence-corrected chi connectivity index (χ0v) is 14.2. The molecule has 0 spiro atoms. The van der Waals surface area contributed by atoms with E-state index in [1.54, 1.807) is 29.6 Å². The molecule has 0 saturated carbocycles. The Balaban J connectivity index is 1.95. The molecule has 6 nitrogen and oxygen atoms in total. The van der Waals surface area contributed by atoms with Crippen molar-refractivity contribution < 1.29 is 8.81 Å². The Morgan fingerprint density at radius 1 is 1.15 bits per heavy atom. The molecule has 0 saturated heterocycles. The van der Waals surface area contributed by atoms with E-state index >= 15 is 0 Å². The SMILES string of the molecule is CCN(N)c1cc(-c2c(-c3ccc(F)cc3)nc3occn23)ccc1N. The van der Waals surface area contributed by atoms with Crippen LogP contribution in [0.25, 0.3) is 28.4 Å². The second kappa shape index (κ2) is 6.20. The topological polar surface area (TPSA) is 85.7 Å². The highest BCUT2D eigenvalue weighted by Crippen LogP contribution is 2.36. The molecule has 0 fully saturated rings. The van der Waals surface area contributed by atoms with Crippen molar-refractivity contribution in [3.8, 4) is 22.5 Å². The van der Waals surface area contributed by atoms with Crippen molar-refractivity contribution in [3.63, 3.8) is 0 Å². The van der Waals surface area contributed by atoms with Crippen molar-refractivity contribution >= 4 is 17.2 Å². The van der Waals surface area contributed by atoms with Gasteiger partial charge in [0.15, 0.2) is 0 Å². The lowest BCUT2D eigenvalue weighted by Gasteiger charge is -2.19. The van der Waals surface area contributed by atoms with Gasteiger partial charge in [0.05, 0.1) is 17.1 Å². The summed E-state index contributed by atoms with van der Waals surface area (Å²) in [7, 11) is 0. The number of imidazole rings is 1. The monoisotopic (exact) mass is 351 g/mol. The number of rotatable bonds is 4. The molecule has 0 unspecified atom stereocenters. The molecule has 0 aliphatic carbocycles. The van der Waals surface area contributed by atoms with Gasteiger partial charge in [-0.2, -0.15) is 4.98 Å². The number of anilines is 2. The van der Waals surface area contributed by atoms with E-state index in [1.165, 1.54) is 12.1 Å². The first-order valence-corrected chi connectivity index (χ1v) is 8.22. The van der Waals surface area contributed by atoms with E-state index in [0.29, 0.717) is 23.8 Å². The first-order valence-electron chi connectivity index (χ1n) is 8.22. The summed E-state index contributed by atoms with van der Waals surface area (Å²) >= 11 is 0. The molecular formula is C19H18FN5O. The van der Waals surface area contributed by atoms with Crippen LogP contribution in [0.3, 0.4) is 0 Å². The molecule has 0 atom stereocenters. The van der Waals surface area contributed by atoms with Gasteiger partial charge in [-0.05, 0) is 43.3 Å². The summed E-state index contributed by atoms with van der Waals surface area (Å²) in [5, 5.41) is 1.59. The molecule has 0 amide bonds. The summed E-state index contributed by atoms with van der Waals surface area (Å²) in [5.74, 6) is 6.21. The molecule has 0 aliphatic rings. The number of benzene rings is 2. The van der Waals surface area contributed by atoms with E-state index in [9.17, 15) is 4.39 Å². The maximum absolute atomic E-state index is 13.3. The lowest BCUT2D eigenvalue weighted by molar-refractivity contribution is 0.596. The number of nitrogens with two attached hydrogens (primary N) is 2. The average Bonchev–Trinajstić information content (AvgIpc) is 3.23. The molecule has 2 heterocycles. The van der Waals surface area contributed by atoms with Crippen LogP contribution in [0.15, 0.2) is 59.3 Å². The molecule has 4 aromatic rings. The minimum absolute atomic E-state index is 0.297. The predicted octanol–water partition coefficient (Wildman–Crippen LogP) is 3.68. The van der Waals surface area contributed by atoms with Gasteiger partial charge in [0.2, 0.25) is 0 Å². The largest absolute Gasteiger partial charge is 0.432 e. The molecule has 0 radical (unpaired) electrons. The van der Waals surface area contributed by atoms with Crippen molar-refractivity contribution in [2.75, 3.05) is 17.3 Å². The molecule has 4 rings (SSSR count). The van der Waals surface area contributed by atoms with Crippen LogP contribution in [0.4, 0.5) is 15.8 Å². The highest BCUT2D eigenvalue weighted by molar-refractivity contribution is 5.84. The van der Waals surface area contributed by atoms with Crippen molar-refractivity contribution in [3.05, 3.63) is 60.7 Å². The summed E-state index contributed by atoms with van der Waals surface area (Å²) in [4.78, 5) is 4.56. The Kier molecular flexibility index (Phi) is 3.85. The zero-order valence-electron chi connectivity index (χ0n) is 14.2. The molecule has 2 aromatic carbocycles. The van der Waals surface area contributed by atoms with Crippen molar-refractivity contribution in [1.29, 1.82) is 0 Å². The summed E-state index contributed by atoms with van der Waals surface area (Å²) in [6.07, 6.45) is 3.36. The number of hydrazine groups is 1. The zero-order chi connectivity index (χ0) is 18.3. The molecule has 132 valence electrons. The normalized spacial score (nSPS) is 11.2. The molecule has 7 heteroatoms. The quantitative estimate of drug-likeness (QED) is 0.333. The second-order valence-corrected chi connectivity index (χ2v) is 5.93. The molecule has 26 heavy (non-hydrogen) atoms. The minimum atomic E-state index is -0.297. The van der Waals surface area contributed by atoms with E-state index < -0.39 is 0 Å². The number of hydrogen-bond acceptors (Lipinski definition) is 5. The highest BCUT2D eigenvalue weighted by atomic mass is 19.1. The molecular weight excluding hydrogens is 333 g/mol. The van der Waals surface area contributed by atoms with Crippen LogP contribution in [0.5, 0.6) is 0 Å². The van der Waals surface area contributed by atoms with Crippen molar-refractivity contribution in [2.24, 2.45) is 5.84 Å². The Hall–Kier alpha value is -3.32. The fourth-order valence-corrected chi connectivity index (χ4v) is 2.98. The third-order valence-electron chi connectivity index (χ3n) is 4.33. The molecule has 2 aromatic heterocycles. The number of fused-ring (bicyclic) bond motifs is 1. The van der Waals surface area contributed by atoms with Gasteiger partial charge in [0.1, 0.15) is 17.8 Å². The van der Waals surface area contributed by atoms with Crippen molar-refractivity contribution in [2.45, 2.75) is 6.92 Å². The van der Waals surface area contributed by atoms with E-state index in [-0.39, 0.29) is 5.82 Å². The Bertz CT molecular complexity index is 1070. The lowest BCUT2D eigenvalue weighted by Crippen LogP contribution is -2.30. The first kappa shape index (κ1) is 16.2. The Morgan fingerprint density at radius 2 is 1.88 bits per heavy atom. The van der Waals surface area contributed by atoms with Gasteiger partial charge >= 0.3 is 5.84 Å². The third-order valence-corrected chi connectivity index (χ3v) is 4.33. The van der Waals surface area contributed by atoms with E-state index in [2.05, 4.69) is 4.98 Å². The maximum atomic E-state index is 13.3. The van der Waals surface area contributed by atoms with Crippen LogP contribution in [0.2, 0.25) is 0 Å². The fraction of sp³-hybridized carbons (Fsp3) is 0.105. The van der Waals surface area contributed by atoms with Crippen molar-refractivity contribution in [1.82, 2.24) is 9.38 Å². The smallest absolute Gasteiger partial charge is 0.306 e. The average molecular weight is 351 g/mol. The van der Waals surface area contributed by atoms with Gasteiger partial charge < -0.3 is 15.2 Å². The Labute approximate surface area is 149 Å². The van der Waals surface area contributed by atoms with Crippen LogP contribution in [-0.2, 0) is 0 Å². The standard InChI is InChI=1S/C19H18FN5O/c1-2-25(22)16-11-13(5-8-15(16)21)18-17(12-3-6-14(20)7-4-12)23-19-24(18)9-10-26-19/h3-11H,2,21-22H2,1H3. The number of nitrogens with zero attached hydrogens (tertiary/aromatic N) is 3. The predicted molar refractivity (Wildman–Crippen MR) is 99.9 cm³/mol. The van der Waals surface area contributed by atoms with Gasteiger partial charge in [0.25, 0.3) is 0 Å². The van der Waals surface area contributed by atoms with Crippen LogP contribution in [0, 0.1) is 5.82 Å². The van der Waals surface area contributed by atoms with Gasteiger partial charge in [-0.15, -0.1) is 0 Å². The fourth-order valence-electron chi connectivity index (χ4n) is 2.98. The molecule has 0 aliphatic heterocycles. The summed E-state index contributed by atoms with van der Waals surface area (Å²) in [5.41, 5.74) is 10.6. The van der Waals surface area contributed by atoms with Gasteiger partial charge in [-0.25, -0.2) is 10.2 Å². The van der Waals surface area contributed by atoms with Crippen LogP contribution in [-0.4, -0.2) is 15.9 Å².